The van der Waals surface area contributed by atoms with Crippen LogP contribution in [0.1, 0.15) is 24.8 Å². The number of aryl methyl sites for hydroxylation is 1. The summed E-state index contributed by atoms with van der Waals surface area (Å²) >= 11 is 0. The van der Waals surface area contributed by atoms with Crippen LogP contribution in [0.5, 0.6) is 0 Å². The van der Waals surface area contributed by atoms with Crippen molar-refractivity contribution in [3.63, 3.8) is 0 Å². The highest BCUT2D eigenvalue weighted by Crippen LogP contribution is 2.29. The second-order valence-corrected chi connectivity index (χ2v) is 7.34. The van der Waals surface area contributed by atoms with Crippen LogP contribution in [0, 0.1) is 6.92 Å². The van der Waals surface area contributed by atoms with Crippen LogP contribution in [0.15, 0.2) is 29.2 Å². The number of carbonyl (C=O) groups excluding carboxylic acids is 1. The lowest BCUT2D eigenvalue weighted by Crippen LogP contribution is -2.39. The topological polar surface area (TPSA) is 57.7 Å². The van der Waals surface area contributed by atoms with Crippen molar-refractivity contribution in [2.45, 2.75) is 37.1 Å². The molecule has 0 aromatic heterocycles. The third-order valence-electron chi connectivity index (χ3n) is 4.07. The normalized spacial score (nSPS) is 23.1. The van der Waals surface area contributed by atoms with E-state index in [2.05, 4.69) is 0 Å². The van der Waals surface area contributed by atoms with Gasteiger partial charge in [0, 0.05) is 6.54 Å². The molecule has 6 heteroatoms. The summed E-state index contributed by atoms with van der Waals surface area (Å²) in [7, 11) is -3.72. The standard InChI is InChI=1S/C14H18N2O3S/c1-11-5-7-13(8-6-11)20(18,19)16-10-12-4-2-3-9-15(12)14(16)17/h5-8,12H,2-4,9-10H2,1H3. The number of amides is 2. The molecule has 2 saturated heterocycles. The van der Waals surface area contributed by atoms with Crippen LogP contribution in [-0.2, 0) is 10.0 Å². The summed E-state index contributed by atoms with van der Waals surface area (Å²) in [5.74, 6) is 0. The van der Waals surface area contributed by atoms with Gasteiger partial charge >= 0.3 is 6.03 Å². The van der Waals surface area contributed by atoms with Crippen LogP contribution in [0.3, 0.4) is 0 Å². The number of hydrogen-bond acceptors (Lipinski definition) is 3. The molecular weight excluding hydrogens is 276 g/mol. The van der Waals surface area contributed by atoms with Crippen LogP contribution in [0.4, 0.5) is 4.79 Å². The Balaban J connectivity index is 1.92. The highest BCUT2D eigenvalue weighted by molar-refractivity contribution is 7.89. The predicted octanol–water partition coefficient (Wildman–Crippen LogP) is 1.97. The summed E-state index contributed by atoms with van der Waals surface area (Å²) in [6.07, 6.45) is 2.92. The minimum absolute atomic E-state index is 0.0523. The van der Waals surface area contributed by atoms with Gasteiger partial charge in [-0.15, -0.1) is 0 Å². The second kappa shape index (κ2) is 4.77. The largest absolute Gasteiger partial charge is 0.334 e. The van der Waals surface area contributed by atoms with E-state index in [1.54, 1.807) is 29.2 Å². The minimum atomic E-state index is -3.72. The Labute approximate surface area is 119 Å². The van der Waals surface area contributed by atoms with Gasteiger partial charge in [-0.05, 0) is 38.3 Å². The van der Waals surface area contributed by atoms with Crippen molar-refractivity contribution in [1.82, 2.24) is 9.21 Å². The van der Waals surface area contributed by atoms with Gasteiger partial charge in [0.1, 0.15) is 0 Å². The van der Waals surface area contributed by atoms with Gasteiger partial charge in [0.05, 0.1) is 17.5 Å². The van der Waals surface area contributed by atoms with Crippen LogP contribution >= 0.6 is 0 Å². The summed E-state index contributed by atoms with van der Waals surface area (Å²) < 4.78 is 26.2. The fourth-order valence-corrected chi connectivity index (χ4v) is 4.31. The first-order valence-electron chi connectivity index (χ1n) is 6.90. The molecule has 0 radical (unpaired) electrons. The number of piperidine rings is 1. The molecule has 2 fully saturated rings. The van der Waals surface area contributed by atoms with E-state index in [0.29, 0.717) is 6.54 Å². The predicted molar refractivity (Wildman–Crippen MR) is 74.8 cm³/mol. The summed E-state index contributed by atoms with van der Waals surface area (Å²) in [6.45, 7) is 2.86. The lowest BCUT2D eigenvalue weighted by molar-refractivity contribution is 0.182. The Bertz CT molecular complexity index is 624. The molecule has 0 aliphatic carbocycles. The number of hydrogen-bond donors (Lipinski definition) is 0. The molecule has 2 heterocycles. The van der Waals surface area contributed by atoms with Crippen molar-refractivity contribution >= 4 is 16.1 Å². The van der Waals surface area contributed by atoms with Gasteiger partial charge < -0.3 is 4.90 Å². The maximum atomic E-state index is 12.6. The third-order valence-corrected chi connectivity index (χ3v) is 5.83. The third kappa shape index (κ3) is 2.08. The van der Waals surface area contributed by atoms with Crippen molar-refractivity contribution in [3.05, 3.63) is 29.8 Å². The Morgan fingerprint density at radius 1 is 1.15 bits per heavy atom. The zero-order valence-corrected chi connectivity index (χ0v) is 12.3. The second-order valence-electron chi connectivity index (χ2n) is 5.47. The molecule has 3 rings (SSSR count). The number of benzene rings is 1. The monoisotopic (exact) mass is 294 g/mol. The summed E-state index contributed by atoms with van der Waals surface area (Å²) in [5.41, 5.74) is 0.995. The SMILES string of the molecule is Cc1ccc(S(=O)(=O)N2CC3CCCCN3C2=O)cc1. The molecule has 0 saturated carbocycles. The van der Waals surface area contributed by atoms with E-state index in [9.17, 15) is 13.2 Å². The zero-order valence-electron chi connectivity index (χ0n) is 11.4. The molecule has 1 aromatic carbocycles. The maximum Gasteiger partial charge on any atom is 0.334 e. The summed E-state index contributed by atoms with van der Waals surface area (Å²) in [5, 5.41) is 0. The fraction of sp³-hybridized carbons (Fsp3) is 0.500. The van der Waals surface area contributed by atoms with Gasteiger partial charge in [-0.25, -0.2) is 17.5 Å². The summed E-state index contributed by atoms with van der Waals surface area (Å²) in [6, 6.07) is 6.32. The highest BCUT2D eigenvalue weighted by Gasteiger charge is 2.44. The lowest BCUT2D eigenvalue weighted by atomic mass is 10.0. The molecule has 0 spiro atoms. The molecule has 1 aromatic rings. The number of nitrogens with zero attached hydrogens (tertiary/aromatic N) is 2. The van der Waals surface area contributed by atoms with E-state index in [0.717, 1.165) is 29.1 Å². The molecule has 0 bridgehead atoms. The molecule has 20 heavy (non-hydrogen) atoms. The fourth-order valence-electron chi connectivity index (χ4n) is 2.89. The number of carbonyl (C=O) groups is 1. The van der Waals surface area contributed by atoms with E-state index in [1.807, 2.05) is 6.92 Å². The zero-order chi connectivity index (χ0) is 14.3. The Morgan fingerprint density at radius 2 is 1.85 bits per heavy atom. The average Bonchev–Trinajstić information content (AvgIpc) is 2.78. The van der Waals surface area contributed by atoms with Gasteiger partial charge in [0.15, 0.2) is 0 Å². The Hall–Kier alpha value is -1.56. The van der Waals surface area contributed by atoms with Gasteiger partial charge in [-0.3, -0.25) is 0 Å². The minimum Gasteiger partial charge on any atom is -0.319 e. The van der Waals surface area contributed by atoms with Gasteiger partial charge in [-0.2, -0.15) is 0 Å². The van der Waals surface area contributed by atoms with Crippen LogP contribution in [-0.4, -0.2) is 42.8 Å². The van der Waals surface area contributed by atoms with Crippen molar-refractivity contribution in [2.24, 2.45) is 0 Å². The van der Waals surface area contributed by atoms with E-state index in [1.165, 1.54) is 0 Å². The molecule has 1 unspecified atom stereocenters. The molecule has 108 valence electrons. The van der Waals surface area contributed by atoms with E-state index < -0.39 is 10.0 Å². The first-order valence-corrected chi connectivity index (χ1v) is 8.34. The van der Waals surface area contributed by atoms with E-state index in [-0.39, 0.29) is 23.5 Å². The first-order chi connectivity index (χ1) is 9.50. The van der Waals surface area contributed by atoms with Crippen molar-refractivity contribution < 1.29 is 13.2 Å². The molecule has 5 nitrogen and oxygen atoms in total. The quantitative estimate of drug-likeness (QED) is 0.838. The molecule has 2 amide bonds. The van der Waals surface area contributed by atoms with E-state index in [4.69, 9.17) is 0 Å². The maximum absolute atomic E-state index is 12.6. The van der Waals surface area contributed by atoms with Crippen molar-refractivity contribution in [3.8, 4) is 0 Å². The molecular formula is C14H18N2O3S. The molecule has 2 aliphatic rings. The van der Waals surface area contributed by atoms with Gasteiger partial charge in [0.2, 0.25) is 0 Å². The number of fused-ring (bicyclic) bond motifs is 1. The van der Waals surface area contributed by atoms with Crippen LogP contribution in [0.2, 0.25) is 0 Å². The molecule has 0 N–H and O–H groups in total. The molecule has 2 aliphatic heterocycles. The smallest absolute Gasteiger partial charge is 0.319 e. The van der Waals surface area contributed by atoms with Crippen molar-refractivity contribution in [1.29, 1.82) is 0 Å². The summed E-state index contributed by atoms with van der Waals surface area (Å²) in [4.78, 5) is 14.2. The van der Waals surface area contributed by atoms with Gasteiger partial charge in [-0.1, -0.05) is 17.7 Å². The first kappa shape index (κ1) is 13.4. The Morgan fingerprint density at radius 3 is 2.50 bits per heavy atom. The Kier molecular flexibility index (Phi) is 3.20. The number of rotatable bonds is 2. The number of sulfonamides is 1. The lowest BCUT2D eigenvalue weighted by Gasteiger charge is -2.27. The van der Waals surface area contributed by atoms with Crippen LogP contribution in [0.25, 0.3) is 0 Å². The van der Waals surface area contributed by atoms with Gasteiger partial charge in [0.25, 0.3) is 10.0 Å². The van der Waals surface area contributed by atoms with Crippen LogP contribution < -0.4 is 0 Å². The van der Waals surface area contributed by atoms with E-state index >= 15 is 0 Å². The average molecular weight is 294 g/mol. The van der Waals surface area contributed by atoms with Crippen molar-refractivity contribution in [2.75, 3.05) is 13.1 Å². The number of urea groups is 1. The highest BCUT2D eigenvalue weighted by atomic mass is 32.2. The molecule has 1 atom stereocenters.